The van der Waals surface area contributed by atoms with E-state index in [-0.39, 0.29) is 17.9 Å². The van der Waals surface area contributed by atoms with Crippen molar-refractivity contribution in [3.63, 3.8) is 0 Å². The van der Waals surface area contributed by atoms with Gasteiger partial charge in [0.05, 0.1) is 11.0 Å². The number of amides is 2. The number of aromatic nitrogens is 2. The van der Waals surface area contributed by atoms with Gasteiger partial charge >= 0.3 is 0 Å². The quantitative estimate of drug-likeness (QED) is 0.894. The number of likely N-dealkylation sites (tertiary alicyclic amines) is 1. The number of hydrogen-bond donors (Lipinski definition) is 2. The molecule has 2 aliphatic heterocycles. The summed E-state index contributed by atoms with van der Waals surface area (Å²) in [7, 11) is 0. The first-order valence-electron chi connectivity index (χ1n) is 8.90. The van der Waals surface area contributed by atoms with E-state index >= 15 is 0 Å². The average Bonchev–Trinajstić information content (AvgIpc) is 3.30. The number of rotatable bonds is 3. The lowest BCUT2D eigenvalue weighted by atomic mass is 10.00. The van der Waals surface area contributed by atoms with Gasteiger partial charge in [-0.3, -0.25) is 14.9 Å². The van der Waals surface area contributed by atoms with Gasteiger partial charge in [0.25, 0.3) is 5.91 Å². The molecule has 7 heteroatoms. The van der Waals surface area contributed by atoms with Crippen LogP contribution in [0.5, 0.6) is 0 Å². The summed E-state index contributed by atoms with van der Waals surface area (Å²) in [5.74, 6) is 0.174. The lowest BCUT2D eigenvalue weighted by molar-refractivity contribution is -0.148. The number of nitrogens with one attached hydrogen (secondary N) is 2. The van der Waals surface area contributed by atoms with E-state index in [1.54, 1.807) is 4.90 Å². The molecule has 2 aliphatic rings. The normalized spacial score (nSPS) is 23.8. The molecule has 4 rings (SSSR count). The van der Waals surface area contributed by atoms with Crippen LogP contribution in [-0.2, 0) is 14.3 Å². The van der Waals surface area contributed by atoms with Crippen molar-refractivity contribution in [1.29, 1.82) is 0 Å². The molecule has 132 valence electrons. The molecule has 1 aromatic heterocycles. The van der Waals surface area contributed by atoms with Crippen LogP contribution in [0.2, 0.25) is 0 Å². The molecule has 2 saturated heterocycles. The summed E-state index contributed by atoms with van der Waals surface area (Å²) in [6, 6.07) is 7.15. The van der Waals surface area contributed by atoms with Crippen molar-refractivity contribution in [3.8, 4) is 0 Å². The molecule has 7 nitrogen and oxygen atoms in total. The lowest BCUT2D eigenvalue weighted by Gasteiger charge is -2.35. The number of carbonyl (C=O) groups excluding carboxylic acids is 2. The minimum Gasteiger partial charge on any atom is -0.368 e. The standard InChI is InChI=1S/C18H22N4O3/c23-16(21-18-19-12-6-1-2-7-13(12)20-18)14-8-3-4-10-22(14)17(24)15-9-5-11-25-15/h1-2,6-7,14-15H,3-5,8-11H2,(H2,19,20,21,23)/t14-,15-/m0/s1. The van der Waals surface area contributed by atoms with Crippen molar-refractivity contribution in [2.75, 3.05) is 18.5 Å². The topological polar surface area (TPSA) is 87.3 Å². The van der Waals surface area contributed by atoms with Gasteiger partial charge in [0, 0.05) is 13.2 Å². The van der Waals surface area contributed by atoms with Crippen LogP contribution in [0.15, 0.2) is 24.3 Å². The van der Waals surface area contributed by atoms with Gasteiger partial charge in [0.15, 0.2) is 0 Å². The average molecular weight is 342 g/mol. The number of carbonyl (C=O) groups is 2. The molecule has 2 aromatic rings. The molecule has 2 fully saturated rings. The number of H-pyrrole nitrogens is 1. The Hall–Kier alpha value is -2.41. The van der Waals surface area contributed by atoms with Crippen molar-refractivity contribution in [2.24, 2.45) is 0 Å². The molecule has 1 aromatic carbocycles. The Morgan fingerprint density at radius 3 is 2.88 bits per heavy atom. The van der Waals surface area contributed by atoms with Gasteiger partial charge in [-0.25, -0.2) is 4.98 Å². The van der Waals surface area contributed by atoms with Crippen LogP contribution in [-0.4, -0.2) is 52.0 Å². The molecule has 2 N–H and O–H groups in total. The van der Waals surface area contributed by atoms with Crippen LogP contribution in [0.3, 0.4) is 0 Å². The highest BCUT2D eigenvalue weighted by Crippen LogP contribution is 2.23. The molecule has 0 aliphatic carbocycles. The molecule has 3 heterocycles. The molecule has 2 amide bonds. The first kappa shape index (κ1) is 16.1. The molecule has 2 atom stereocenters. The highest BCUT2D eigenvalue weighted by atomic mass is 16.5. The monoisotopic (exact) mass is 342 g/mol. The Bertz CT molecular complexity index is 748. The number of benzene rings is 1. The minimum absolute atomic E-state index is 0.0537. The van der Waals surface area contributed by atoms with Crippen LogP contribution in [0, 0.1) is 0 Å². The predicted octanol–water partition coefficient (Wildman–Crippen LogP) is 2.06. The number of nitrogens with zero attached hydrogens (tertiary/aromatic N) is 2. The van der Waals surface area contributed by atoms with Gasteiger partial charge in [-0.1, -0.05) is 12.1 Å². The molecular weight excluding hydrogens is 320 g/mol. The molecule has 0 radical (unpaired) electrons. The number of anilines is 1. The van der Waals surface area contributed by atoms with Crippen LogP contribution >= 0.6 is 0 Å². The number of ether oxygens (including phenoxy) is 1. The van der Waals surface area contributed by atoms with E-state index in [0.29, 0.717) is 25.5 Å². The zero-order valence-corrected chi connectivity index (χ0v) is 14.0. The number of para-hydroxylation sites is 2. The van der Waals surface area contributed by atoms with Gasteiger partial charge in [0.2, 0.25) is 11.9 Å². The van der Waals surface area contributed by atoms with E-state index in [2.05, 4.69) is 15.3 Å². The summed E-state index contributed by atoms with van der Waals surface area (Å²) >= 11 is 0. The molecule has 25 heavy (non-hydrogen) atoms. The Kier molecular flexibility index (Phi) is 4.40. The van der Waals surface area contributed by atoms with E-state index in [0.717, 1.165) is 36.7 Å². The van der Waals surface area contributed by atoms with Crippen molar-refractivity contribution >= 4 is 28.8 Å². The van der Waals surface area contributed by atoms with Crippen LogP contribution in [0.1, 0.15) is 32.1 Å². The number of fused-ring (bicyclic) bond motifs is 1. The Labute approximate surface area is 145 Å². The van der Waals surface area contributed by atoms with E-state index in [1.165, 1.54) is 0 Å². The number of piperidine rings is 1. The second kappa shape index (κ2) is 6.84. The van der Waals surface area contributed by atoms with Crippen molar-refractivity contribution in [2.45, 2.75) is 44.2 Å². The first-order valence-corrected chi connectivity index (χ1v) is 8.90. The van der Waals surface area contributed by atoms with E-state index in [9.17, 15) is 9.59 Å². The third-order valence-electron chi connectivity index (χ3n) is 4.92. The van der Waals surface area contributed by atoms with Crippen LogP contribution in [0.25, 0.3) is 11.0 Å². The Morgan fingerprint density at radius 1 is 1.20 bits per heavy atom. The third-order valence-corrected chi connectivity index (χ3v) is 4.92. The van der Waals surface area contributed by atoms with Crippen LogP contribution < -0.4 is 5.32 Å². The van der Waals surface area contributed by atoms with Gasteiger partial charge in [-0.15, -0.1) is 0 Å². The maximum Gasteiger partial charge on any atom is 0.252 e. The predicted molar refractivity (Wildman–Crippen MR) is 93.0 cm³/mol. The Balaban J connectivity index is 1.49. The third kappa shape index (κ3) is 3.24. The van der Waals surface area contributed by atoms with Gasteiger partial charge in [-0.2, -0.15) is 0 Å². The second-order valence-electron chi connectivity index (χ2n) is 6.64. The minimum atomic E-state index is -0.460. The molecule has 0 saturated carbocycles. The lowest BCUT2D eigenvalue weighted by Crippen LogP contribution is -2.53. The maximum absolute atomic E-state index is 12.8. The zero-order valence-electron chi connectivity index (χ0n) is 14.0. The highest BCUT2D eigenvalue weighted by molar-refractivity contribution is 5.97. The summed E-state index contributed by atoms with van der Waals surface area (Å²) in [5, 5.41) is 2.84. The maximum atomic E-state index is 12.8. The summed E-state index contributed by atoms with van der Waals surface area (Å²) in [6.07, 6.45) is 3.79. The Morgan fingerprint density at radius 2 is 2.08 bits per heavy atom. The fraction of sp³-hybridized carbons (Fsp3) is 0.500. The summed E-state index contributed by atoms with van der Waals surface area (Å²) < 4.78 is 5.51. The highest BCUT2D eigenvalue weighted by Gasteiger charge is 2.37. The van der Waals surface area contributed by atoms with Crippen molar-refractivity contribution in [1.82, 2.24) is 14.9 Å². The van der Waals surface area contributed by atoms with Gasteiger partial charge in [0.1, 0.15) is 12.1 Å². The van der Waals surface area contributed by atoms with Gasteiger partial charge in [-0.05, 0) is 44.2 Å². The molecule has 0 unspecified atom stereocenters. The molecule has 0 spiro atoms. The summed E-state index contributed by atoms with van der Waals surface area (Å²) in [6.45, 7) is 1.23. The molecular formula is C18H22N4O3. The summed E-state index contributed by atoms with van der Waals surface area (Å²) in [5.41, 5.74) is 1.67. The summed E-state index contributed by atoms with van der Waals surface area (Å²) in [4.78, 5) is 34.6. The van der Waals surface area contributed by atoms with Crippen molar-refractivity contribution < 1.29 is 14.3 Å². The first-order chi connectivity index (χ1) is 12.2. The SMILES string of the molecule is O=C(Nc1nc2ccccc2[nH]1)[C@@H]1CCCCN1C(=O)[C@@H]1CCCO1. The van der Waals surface area contributed by atoms with E-state index < -0.39 is 6.04 Å². The van der Waals surface area contributed by atoms with E-state index in [4.69, 9.17) is 4.74 Å². The van der Waals surface area contributed by atoms with Crippen molar-refractivity contribution in [3.05, 3.63) is 24.3 Å². The fourth-order valence-corrected chi connectivity index (χ4v) is 3.64. The van der Waals surface area contributed by atoms with E-state index in [1.807, 2.05) is 24.3 Å². The number of hydrogen-bond acceptors (Lipinski definition) is 4. The number of imidazole rings is 1. The fourth-order valence-electron chi connectivity index (χ4n) is 3.64. The van der Waals surface area contributed by atoms with Crippen LogP contribution in [0.4, 0.5) is 5.95 Å². The zero-order chi connectivity index (χ0) is 17.2. The molecule has 0 bridgehead atoms. The van der Waals surface area contributed by atoms with Gasteiger partial charge < -0.3 is 14.6 Å². The smallest absolute Gasteiger partial charge is 0.252 e. The largest absolute Gasteiger partial charge is 0.368 e. The second-order valence-corrected chi connectivity index (χ2v) is 6.64. The number of aromatic amines is 1.